The molecular formula is C22H31N5O3. The number of amides is 1. The molecule has 5 rings (SSSR count). The fraction of sp³-hybridized carbons (Fsp3) is 0.727. The molecule has 1 amide bonds. The van der Waals surface area contributed by atoms with Gasteiger partial charge in [-0.1, -0.05) is 38.5 Å². The van der Waals surface area contributed by atoms with Gasteiger partial charge in [0.05, 0.1) is 24.8 Å². The second kappa shape index (κ2) is 8.40. The van der Waals surface area contributed by atoms with Crippen LogP contribution in [0.5, 0.6) is 0 Å². The summed E-state index contributed by atoms with van der Waals surface area (Å²) >= 11 is 0. The van der Waals surface area contributed by atoms with Crippen LogP contribution in [0.1, 0.15) is 82.0 Å². The predicted octanol–water partition coefficient (Wildman–Crippen LogP) is 3.74. The van der Waals surface area contributed by atoms with Gasteiger partial charge in [-0.3, -0.25) is 4.79 Å². The van der Waals surface area contributed by atoms with Crippen LogP contribution < -0.4 is 5.56 Å². The van der Waals surface area contributed by atoms with Crippen LogP contribution in [0, 0.1) is 5.92 Å². The Hall–Kier alpha value is -2.38. The van der Waals surface area contributed by atoms with Crippen LogP contribution in [-0.4, -0.2) is 50.4 Å². The molecule has 0 aromatic carbocycles. The highest BCUT2D eigenvalue weighted by Crippen LogP contribution is 2.31. The molecule has 8 nitrogen and oxygen atoms in total. The van der Waals surface area contributed by atoms with Crippen molar-refractivity contribution < 1.29 is 9.53 Å². The van der Waals surface area contributed by atoms with Gasteiger partial charge in [0.1, 0.15) is 11.2 Å². The summed E-state index contributed by atoms with van der Waals surface area (Å²) < 4.78 is 7.48. The topological polar surface area (TPSA) is 93.1 Å². The summed E-state index contributed by atoms with van der Waals surface area (Å²) in [6, 6.07) is 0.325. The average molecular weight is 414 g/mol. The van der Waals surface area contributed by atoms with Gasteiger partial charge in [-0.15, -0.1) is 0 Å². The van der Waals surface area contributed by atoms with Crippen molar-refractivity contribution in [3.05, 3.63) is 22.4 Å². The molecule has 0 atom stereocenters. The Kier molecular flexibility index (Phi) is 5.48. The molecule has 3 aliphatic rings. The lowest BCUT2D eigenvalue weighted by Crippen LogP contribution is -2.49. The van der Waals surface area contributed by atoms with E-state index in [9.17, 15) is 9.59 Å². The normalized spacial score (nSPS) is 21.7. The Morgan fingerprint density at radius 3 is 2.50 bits per heavy atom. The zero-order valence-electron chi connectivity index (χ0n) is 17.5. The number of carbonyl (C=O) groups is 1. The first kappa shape index (κ1) is 19.6. The van der Waals surface area contributed by atoms with Gasteiger partial charge in [0, 0.05) is 13.1 Å². The maximum absolute atomic E-state index is 12.6. The number of hydrogen-bond donors (Lipinski definition) is 1. The van der Waals surface area contributed by atoms with E-state index in [1.807, 2.05) is 4.68 Å². The van der Waals surface area contributed by atoms with Crippen LogP contribution in [0.25, 0.3) is 11.0 Å². The van der Waals surface area contributed by atoms with Crippen molar-refractivity contribution in [1.82, 2.24) is 24.6 Å². The molecule has 0 spiro atoms. The highest BCUT2D eigenvalue weighted by molar-refractivity contribution is 5.73. The maximum Gasteiger partial charge on any atom is 0.409 e. The standard InChI is InChI=1S/C22H31N5O3/c28-21-18-11-23-27(17-9-5-2-6-10-17)20(18)24-19(25-21)16-12-26(13-16)22(29)30-14-15-7-3-1-4-8-15/h11,15-17H,1-10,12-14H2,(H,24,25,28). The zero-order chi connectivity index (χ0) is 20.5. The molecule has 1 aliphatic heterocycles. The van der Waals surface area contributed by atoms with Crippen LogP contribution in [0.2, 0.25) is 0 Å². The molecule has 1 saturated heterocycles. The second-order valence-electron chi connectivity index (χ2n) is 9.25. The molecule has 0 bridgehead atoms. The first-order valence-corrected chi connectivity index (χ1v) is 11.6. The zero-order valence-corrected chi connectivity index (χ0v) is 17.5. The molecule has 2 aromatic heterocycles. The molecule has 0 radical (unpaired) electrons. The van der Waals surface area contributed by atoms with Crippen molar-refractivity contribution in [1.29, 1.82) is 0 Å². The van der Waals surface area contributed by atoms with Crippen molar-refractivity contribution in [2.45, 2.75) is 76.2 Å². The number of fused-ring (bicyclic) bond motifs is 1. The molecule has 2 aliphatic carbocycles. The number of carbonyl (C=O) groups excluding carboxylic acids is 1. The third-order valence-electron chi connectivity index (χ3n) is 7.10. The van der Waals surface area contributed by atoms with Crippen molar-refractivity contribution >= 4 is 17.1 Å². The third-order valence-corrected chi connectivity index (χ3v) is 7.10. The number of hydrogen-bond acceptors (Lipinski definition) is 5. The Bertz CT molecular complexity index is 949. The summed E-state index contributed by atoms with van der Waals surface area (Å²) in [5.74, 6) is 1.21. The van der Waals surface area contributed by atoms with Gasteiger partial charge < -0.3 is 14.6 Å². The lowest BCUT2D eigenvalue weighted by Gasteiger charge is -2.37. The maximum atomic E-state index is 12.6. The Labute approximate surface area is 176 Å². The fourth-order valence-corrected chi connectivity index (χ4v) is 5.17. The number of H-pyrrole nitrogens is 1. The van der Waals surface area contributed by atoms with E-state index in [-0.39, 0.29) is 17.6 Å². The van der Waals surface area contributed by atoms with Crippen LogP contribution in [-0.2, 0) is 4.74 Å². The third kappa shape index (κ3) is 3.84. The summed E-state index contributed by atoms with van der Waals surface area (Å²) in [5, 5.41) is 5.03. The van der Waals surface area contributed by atoms with E-state index in [2.05, 4.69) is 10.1 Å². The number of aromatic amines is 1. The molecule has 0 unspecified atom stereocenters. The average Bonchev–Trinajstić information content (AvgIpc) is 3.17. The van der Waals surface area contributed by atoms with Gasteiger partial charge in [-0.05, 0) is 31.6 Å². The van der Waals surface area contributed by atoms with Crippen molar-refractivity contribution in [3.63, 3.8) is 0 Å². The molecule has 8 heteroatoms. The Morgan fingerprint density at radius 2 is 1.77 bits per heavy atom. The quantitative estimate of drug-likeness (QED) is 0.824. The van der Waals surface area contributed by atoms with E-state index in [0.29, 0.717) is 48.5 Å². The van der Waals surface area contributed by atoms with E-state index in [1.165, 1.54) is 38.5 Å². The number of ether oxygens (including phenoxy) is 1. The molecule has 2 aromatic rings. The van der Waals surface area contributed by atoms with E-state index >= 15 is 0 Å². The van der Waals surface area contributed by atoms with Crippen LogP contribution in [0.3, 0.4) is 0 Å². The molecule has 1 N–H and O–H groups in total. The molecular weight excluding hydrogens is 382 g/mol. The fourth-order valence-electron chi connectivity index (χ4n) is 5.17. The monoisotopic (exact) mass is 413 g/mol. The van der Waals surface area contributed by atoms with Crippen molar-refractivity contribution in [2.24, 2.45) is 5.92 Å². The van der Waals surface area contributed by atoms with Crippen LogP contribution in [0.4, 0.5) is 4.79 Å². The number of nitrogens with zero attached hydrogens (tertiary/aromatic N) is 4. The van der Waals surface area contributed by atoms with Crippen molar-refractivity contribution in [3.8, 4) is 0 Å². The minimum absolute atomic E-state index is 0.0408. The molecule has 2 saturated carbocycles. The first-order chi connectivity index (χ1) is 14.7. The van der Waals surface area contributed by atoms with Crippen molar-refractivity contribution in [2.75, 3.05) is 19.7 Å². The van der Waals surface area contributed by atoms with Gasteiger partial charge >= 0.3 is 6.09 Å². The molecule has 30 heavy (non-hydrogen) atoms. The summed E-state index contributed by atoms with van der Waals surface area (Å²) in [5.41, 5.74) is 0.536. The Balaban J connectivity index is 1.23. The molecule has 162 valence electrons. The number of aromatic nitrogens is 4. The minimum atomic E-state index is -0.243. The highest BCUT2D eigenvalue weighted by atomic mass is 16.6. The highest BCUT2D eigenvalue weighted by Gasteiger charge is 2.35. The van der Waals surface area contributed by atoms with Gasteiger partial charge in [-0.25, -0.2) is 14.5 Å². The van der Waals surface area contributed by atoms with Gasteiger partial charge in [-0.2, -0.15) is 5.10 Å². The largest absolute Gasteiger partial charge is 0.449 e. The van der Waals surface area contributed by atoms with Gasteiger partial charge in [0.2, 0.25) is 0 Å². The summed E-state index contributed by atoms with van der Waals surface area (Å²) in [7, 11) is 0. The first-order valence-electron chi connectivity index (χ1n) is 11.6. The number of rotatable bonds is 4. The molecule has 3 heterocycles. The van der Waals surface area contributed by atoms with E-state index < -0.39 is 0 Å². The smallest absolute Gasteiger partial charge is 0.409 e. The lowest BCUT2D eigenvalue weighted by atomic mass is 9.90. The van der Waals surface area contributed by atoms with E-state index in [0.717, 1.165) is 25.7 Å². The lowest BCUT2D eigenvalue weighted by molar-refractivity contribution is 0.0543. The van der Waals surface area contributed by atoms with Gasteiger partial charge in [0.15, 0.2) is 5.65 Å². The van der Waals surface area contributed by atoms with Crippen LogP contribution in [0.15, 0.2) is 11.0 Å². The predicted molar refractivity (Wildman–Crippen MR) is 113 cm³/mol. The SMILES string of the molecule is O=C(OCC1CCCCC1)N1CC(c2nc3c(cnn3C3CCCCC3)c(=O)[nH]2)C1. The van der Waals surface area contributed by atoms with E-state index in [1.54, 1.807) is 11.1 Å². The second-order valence-corrected chi connectivity index (χ2v) is 9.25. The van der Waals surface area contributed by atoms with Gasteiger partial charge in [0.25, 0.3) is 5.56 Å². The Morgan fingerprint density at radius 1 is 1.07 bits per heavy atom. The summed E-state index contributed by atoms with van der Waals surface area (Å²) in [6.07, 6.45) is 13.3. The molecule has 3 fully saturated rings. The minimum Gasteiger partial charge on any atom is -0.449 e. The van der Waals surface area contributed by atoms with E-state index in [4.69, 9.17) is 9.72 Å². The summed E-state index contributed by atoms with van der Waals surface area (Å²) in [6.45, 7) is 1.60. The van der Waals surface area contributed by atoms with Crippen LogP contribution >= 0.6 is 0 Å². The number of likely N-dealkylation sites (tertiary alicyclic amines) is 1. The number of nitrogens with one attached hydrogen (secondary N) is 1. The summed E-state index contributed by atoms with van der Waals surface area (Å²) in [4.78, 5) is 34.3.